The quantitative estimate of drug-likeness (QED) is 0.583. The number of amides is 1. The van der Waals surface area contributed by atoms with Gasteiger partial charge < -0.3 is 10.1 Å². The van der Waals surface area contributed by atoms with E-state index in [4.69, 9.17) is 4.74 Å². The molecule has 0 aliphatic carbocycles. The Balaban J connectivity index is 2.06. The van der Waals surface area contributed by atoms with Gasteiger partial charge in [0, 0.05) is 29.4 Å². The van der Waals surface area contributed by atoms with E-state index in [0.29, 0.717) is 5.69 Å². The number of nitro groups is 1. The number of carbonyl (C=O) groups excluding carboxylic acids is 1. The van der Waals surface area contributed by atoms with Crippen LogP contribution in [-0.2, 0) is 4.79 Å². The first kappa shape index (κ1) is 19.4. The predicted molar refractivity (Wildman–Crippen MR) is 100 cm³/mol. The molecule has 1 amide bonds. The Morgan fingerprint density at radius 1 is 1.19 bits per heavy atom. The van der Waals surface area contributed by atoms with Crippen LogP contribution in [0, 0.1) is 17.0 Å². The topological polar surface area (TPSA) is 93.5 Å². The summed E-state index contributed by atoms with van der Waals surface area (Å²) >= 11 is 0. The number of benzene rings is 2. The van der Waals surface area contributed by atoms with Crippen molar-refractivity contribution in [1.29, 1.82) is 0 Å². The molecule has 0 spiro atoms. The number of rotatable bonds is 7. The lowest BCUT2D eigenvalue weighted by Crippen LogP contribution is -2.39. The SMILES string of the molecule is COc1ccc(C)cc1C(C)NC(C)C(=O)Nc1cccc([N+](=O)[O-])c1. The summed E-state index contributed by atoms with van der Waals surface area (Å²) in [5, 5.41) is 16.8. The zero-order valence-corrected chi connectivity index (χ0v) is 15.3. The van der Waals surface area contributed by atoms with Crippen LogP contribution in [-0.4, -0.2) is 24.0 Å². The average Bonchev–Trinajstić information content (AvgIpc) is 2.61. The molecule has 0 aromatic heterocycles. The van der Waals surface area contributed by atoms with Gasteiger partial charge in [0.25, 0.3) is 5.69 Å². The van der Waals surface area contributed by atoms with Gasteiger partial charge in [0.05, 0.1) is 18.1 Å². The zero-order chi connectivity index (χ0) is 19.3. The van der Waals surface area contributed by atoms with E-state index in [2.05, 4.69) is 10.6 Å². The minimum Gasteiger partial charge on any atom is -0.496 e. The van der Waals surface area contributed by atoms with Crippen LogP contribution in [0.1, 0.15) is 31.0 Å². The lowest BCUT2D eigenvalue weighted by molar-refractivity contribution is -0.384. The van der Waals surface area contributed by atoms with Crippen LogP contribution >= 0.6 is 0 Å². The van der Waals surface area contributed by atoms with Gasteiger partial charge in [0.1, 0.15) is 5.75 Å². The standard InChI is InChI=1S/C19H23N3O4/c1-12-8-9-18(26-4)17(10-12)13(2)20-14(3)19(23)21-15-6-5-7-16(11-15)22(24)25/h5-11,13-14,20H,1-4H3,(H,21,23). The highest BCUT2D eigenvalue weighted by molar-refractivity contribution is 5.94. The molecule has 2 aromatic carbocycles. The number of non-ortho nitro benzene ring substituents is 1. The van der Waals surface area contributed by atoms with Crippen molar-refractivity contribution in [3.63, 3.8) is 0 Å². The molecular weight excluding hydrogens is 334 g/mol. The number of anilines is 1. The van der Waals surface area contributed by atoms with Gasteiger partial charge in [-0.2, -0.15) is 0 Å². The third-order valence-electron chi connectivity index (χ3n) is 4.07. The third-order valence-corrected chi connectivity index (χ3v) is 4.07. The first-order valence-electron chi connectivity index (χ1n) is 8.27. The Kier molecular flexibility index (Phi) is 6.30. The summed E-state index contributed by atoms with van der Waals surface area (Å²) in [4.78, 5) is 22.7. The number of nitro benzene ring substituents is 1. The number of nitrogens with zero attached hydrogens (tertiary/aromatic N) is 1. The number of aryl methyl sites for hydroxylation is 1. The average molecular weight is 357 g/mol. The summed E-state index contributed by atoms with van der Waals surface area (Å²) in [6.45, 7) is 5.69. The number of methoxy groups -OCH3 is 1. The minimum absolute atomic E-state index is 0.0683. The first-order valence-corrected chi connectivity index (χ1v) is 8.27. The maximum absolute atomic E-state index is 12.4. The van der Waals surface area contributed by atoms with Crippen molar-refractivity contribution in [2.45, 2.75) is 32.9 Å². The van der Waals surface area contributed by atoms with Gasteiger partial charge >= 0.3 is 0 Å². The van der Waals surface area contributed by atoms with Crippen molar-refractivity contribution < 1.29 is 14.5 Å². The molecule has 7 heteroatoms. The van der Waals surface area contributed by atoms with E-state index in [1.807, 2.05) is 32.0 Å². The van der Waals surface area contributed by atoms with Crippen LogP contribution in [0.2, 0.25) is 0 Å². The molecule has 0 heterocycles. The molecule has 2 unspecified atom stereocenters. The summed E-state index contributed by atoms with van der Waals surface area (Å²) in [5.41, 5.74) is 2.38. The Labute approximate surface area is 152 Å². The second kappa shape index (κ2) is 8.44. The summed E-state index contributed by atoms with van der Waals surface area (Å²) in [6, 6.07) is 11.1. The molecule has 0 fully saturated rings. The molecule has 2 aromatic rings. The van der Waals surface area contributed by atoms with Crippen molar-refractivity contribution in [3.05, 3.63) is 63.7 Å². The van der Waals surface area contributed by atoms with E-state index < -0.39 is 11.0 Å². The zero-order valence-electron chi connectivity index (χ0n) is 15.3. The Morgan fingerprint density at radius 3 is 2.58 bits per heavy atom. The predicted octanol–water partition coefficient (Wildman–Crippen LogP) is 3.59. The van der Waals surface area contributed by atoms with E-state index in [-0.39, 0.29) is 17.6 Å². The van der Waals surface area contributed by atoms with Gasteiger partial charge in [0.15, 0.2) is 0 Å². The van der Waals surface area contributed by atoms with Crippen molar-refractivity contribution in [3.8, 4) is 5.75 Å². The van der Waals surface area contributed by atoms with E-state index in [0.717, 1.165) is 16.9 Å². The highest BCUT2D eigenvalue weighted by Gasteiger charge is 2.19. The summed E-state index contributed by atoms with van der Waals surface area (Å²) < 4.78 is 5.39. The van der Waals surface area contributed by atoms with Crippen molar-refractivity contribution in [2.75, 3.05) is 12.4 Å². The number of carbonyl (C=O) groups is 1. The molecule has 138 valence electrons. The Morgan fingerprint density at radius 2 is 1.92 bits per heavy atom. The highest BCUT2D eigenvalue weighted by Crippen LogP contribution is 2.26. The van der Waals surface area contributed by atoms with Gasteiger partial charge in [0.2, 0.25) is 5.91 Å². The minimum atomic E-state index is -0.505. The monoisotopic (exact) mass is 357 g/mol. The van der Waals surface area contributed by atoms with Crippen molar-refractivity contribution in [1.82, 2.24) is 5.32 Å². The molecule has 26 heavy (non-hydrogen) atoms. The molecule has 0 saturated heterocycles. The summed E-state index contributed by atoms with van der Waals surface area (Å²) in [7, 11) is 1.61. The molecule has 0 aliphatic heterocycles. The second-order valence-corrected chi connectivity index (χ2v) is 6.15. The van der Waals surface area contributed by atoms with Crippen molar-refractivity contribution in [2.24, 2.45) is 0 Å². The smallest absolute Gasteiger partial charge is 0.271 e. The highest BCUT2D eigenvalue weighted by atomic mass is 16.6. The summed E-state index contributed by atoms with van der Waals surface area (Å²) in [5.74, 6) is 0.478. The molecular formula is C19H23N3O4. The van der Waals surface area contributed by atoms with Crippen LogP contribution in [0.5, 0.6) is 5.75 Å². The molecule has 7 nitrogen and oxygen atoms in total. The molecule has 2 N–H and O–H groups in total. The van der Waals surface area contributed by atoms with Crippen LogP contribution in [0.15, 0.2) is 42.5 Å². The van der Waals surface area contributed by atoms with Gasteiger partial charge in [-0.05, 0) is 32.9 Å². The Bertz CT molecular complexity index is 807. The summed E-state index contributed by atoms with van der Waals surface area (Å²) in [6.07, 6.45) is 0. The van der Waals surface area contributed by atoms with E-state index >= 15 is 0 Å². The van der Waals surface area contributed by atoms with Gasteiger partial charge in [-0.15, -0.1) is 0 Å². The van der Waals surface area contributed by atoms with Crippen molar-refractivity contribution >= 4 is 17.3 Å². The fourth-order valence-corrected chi connectivity index (χ4v) is 2.68. The number of hydrogen-bond acceptors (Lipinski definition) is 5. The van der Waals surface area contributed by atoms with E-state index in [9.17, 15) is 14.9 Å². The molecule has 2 atom stereocenters. The van der Waals surface area contributed by atoms with Crippen LogP contribution in [0.3, 0.4) is 0 Å². The van der Waals surface area contributed by atoms with E-state index in [1.54, 1.807) is 20.1 Å². The van der Waals surface area contributed by atoms with Gasteiger partial charge in [-0.3, -0.25) is 20.2 Å². The van der Waals surface area contributed by atoms with Crippen LogP contribution in [0.4, 0.5) is 11.4 Å². The molecule has 0 aliphatic rings. The lowest BCUT2D eigenvalue weighted by atomic mass is 10.0. The second-order valence-electron chi connectivity index (χ2n) is 6.15. The number of hydrogen-bond donors (Lipinski definition) is 2. The fraction of sp³-hybridized carbons (Fsp3) is 0.316. The van der Waals surface area contributed by atoms with Crippen LogP contribution in [0.25, 0.3) is 0 Å². The fourth-order valence-electron chi connectivity index (χ4n) is 2.68. The number of nitrogens with one attached hydrogen (secondary N) is 2. The van der Waals surface area contributed by atoms with E-state index in [1.165, 1.54) is 18.2 Å². The molecule has 0 bridgehead atoms. The van der Waals surface area contributed by atoms with Crippen LogP contribution < -0.4 is 15.4 Å². The maximum Gasteiger partial charge on any atom is 0.271 e. The molecule has 0 saturated carbocycles. The molecule has 2 rings (SSSR count). The first-order chi connectivity index (χ1) is 12.3. The lowest BCUT2D eigenvalue weighted by Gasteiger charge is -2.22. The normalized spacial score (nSPS) is 12.9. The molecule has 0 radical (unpaired) electrons. The number of ether oxygens (including phenoxy) is 1. The third kappa shape index (κ3) is 4.80. The van der Waals surface area contributed by atoms with Gasteiger partial charge in [-0.25, -0.2) is 0 Å². The largest absolute Gasteiger partial charge is 0.496 e. The maximum atomic E-state index is 12.4. The van der Waals surface area contributed by atoms with Gasteiger partial charge in [-0.1, -0.05) is 23.8 Å². The Hall–Kier alpha value is -2.93.